The fourth-order valence-corrected chi connectivity index (χ4v) is 8.06. The molecule has 0 saturated heterocycles. The summed E-state index contributed by atoms with van der Waals surface area (Å²) in [4.78, 5) is 0. The second-order valence-corrected chi connectivity index (χ2v) is 12.1. The molecule has 4 aliphatic rings. The minimum atomic E-state index is 1.02. The van der Waals surface area contributed by atoms with Crippen LogP contribution in [-0.2, 0) is 0 Å². The first kappa shape index (κ1) is 21.2. The molecule has 4 aliphatic carbocycles. The van der Waals surface area contributed by atoms with Gasteiger partial charge in [-0.15, -0.1) is 0 Å². The summed E-state index contributed by atoms with van der Waals surface area (Å²) in [5.74, 6) is 8.71. The van der Waals surface area contributed by atoms with Crippen LogP contribution in [0.4, 0.5) is 0 Å². The molecule has 0 heterocycles. The van der Waals surface area contributed by atoms with Gasteiger partial charge in [0.1, 0.15) is 0 Å². The van der Waals surface area contributed by atoms with Gasteiger partial charge in [0.15, 0.2) is 0 Å². The van der Waals surface area contributed by atoms with E-state index in [1.807, 2.05) is 0 Å². The first-order valence-electron chi connectivity index (χ1n) is 13.7. The summed E-state index contributed by atoms with van der Waals surface area (Å²) in [5.41, 5.74) is 0. The van der Waals surface area contributed by atoms with Crippen LogP contribution >= 0.6 is 0 Å². The molecule has 0 aromatic heterocycles. The summed E-state index contributed by atoms with van der Waals surface area (Å²) >= 11 is 0. The third-order valence-corrected chi connectivity index (χ3v) is 10.1. The topological polar surface area (TPSA) is 0 Å². The summed E-state index contributed by atoms with van der Waals surface area (Å²) in [7, 11) is 0. The van der Waals surface area contributed by atoms with Crippen molar-refractivity contribution in [3.05, 3.63) is 0 Å². The van der Waals surface area contributed by atoms with Gasteiger partial charge in [0.05, 0.1) is 0 Å². The van der Waals surface area contributed by atoms with Crippen molar-refractivity contribution in [2.45, 2.75) is 129 Å². The highest BCUT2D eigenvalue weighted by atomic mass is 14.4. The fourth-order valence-electron chi connectivity index (χ4n) is 8.06. The van der Waals surface area contributed by atoms with Crippen LogP contribution in [-0.4, -0.2) is 0 Å². The molecule has 28 heavy (non-hydrogen) atoms. The molecule has 0 amide bonds. The van der Waals surface area contributed by atoms with Gasteiger partial charge in [0.25, 0.3) is 0 Å². The Bertz CT molecular complexity index is 407. The molecule has 0 heteroatoms. The average Bonchev–Trinajstić information content (AvgIpc) is 3.19. The van der Waals surface area contributed by atoms with E-state index in [-0.39, 0.29) is 0 Å². The molecule has 4 rings (SSSR count). The Balaban J connectivity index is 1.12. The minimum absolute atomic E-state index is 1.02. The largest absolute Gasteiger partial charge is 0.0651 e. The van der Waals surface area contributed by atoms with Gasteiger partial charge in [0, 0.05) is 0 Å². The van der Waals surface area contributed by atoms with Crippen LogP contribution in [0, 0.1) is 47.3 Å². The average molecular weight is 387 g/mol. The maximum Gasteiger partial charge on any atom is -0.0386 e. The standard InChI is InChI=1S/C28H50/c1-3-22-8-9-26(18-22)20-25-12-16-28(17-13-25)27-14-10-24(11-15-27)19-23-6-4-21(2)5-7-23/h21-28H,3-20H2,1-2H3. The third-order valence-electron chi connectivity index (χ3n) is 10.1. The molecule has 2 unspecified atom stereocenters. The zero-order valence-corrected chi connectivity index (χ0v) is 19.3. The molecule has 0 radical (unpaired) electrons. The van der Waals surface area contributed by atoms with Crippen molar-refractivity contribution in [1.82, 2.24) is 0 Å². The fraction of sp³-hybridized carbons (Fsp3) is 1.00. The summed E-state index contributed by atoms with van der Waals surface area (Å²) in [6.07, 6.45) is 28.1. The maximum absolute atomic E-state index is 2.46. The van der Waals surface area contributed by atoms with E-state index in [4.69, 9.17) is 0 Å². The monoisotopic (exact) mass is 386 g/mol. The Morgan fingerprint density at radius 3 is 1.32 bits per heavy atom. The highest BCUT2D eigenvalue weighted by Crippen LogP contribution is 2.46. The quantitative estimate of drug-likeness (QED) is 0.427. The molecule has 0 aliphatic heterocycles. The second-order valence-electron chi connectivity index (χ2n) is 12.1. The summed E-state index contributed by atoms with van der Waals surface area (Å²) in [5, 5.41) is 0. The van der Waals surface area contributed by atoms with Gasteiger partial charge in [-0.05, 0) is 92.3 Å². The van der Waals surface area contributed by atoms with E-state index in [2.05, 4.69) is 13.8 Å². The van der Waals surface area contributed by atoms with Crippen LogP contribution < -0.4 is 0 Å². The summed E-state index contributed by atoms with van der Waals surface area (Å²) < 4.78 is 0. The van der Waals surface area contributed by atoms with E-state index in [0.717, 1.165) is 47.3 Å². The second kappa shape index (κ2) is 10.3. The van der Waals surface area contributed by atoms with Crippen LogP contribution in [0.3, 0.4) is 0 Å². The molecule has 2 atom stereocenters. The van der Waals surface area contributed by atoms with Crippen molar-refractivity contribution in [1.29, 1.82) is 0 Å². The van der Waals surface area contributed by atoms with Crippen LogP contribution in [0.25, 0.3) is 0 Å². The summed E-state index contributed by atoms with van der Waals surface area (Å²) in [6, 6.07) is 0. The van der Waals surface area contributed by atoms with Gasteiger partial charge < -0.3 is 0 Å². The Labute approximate surface area is 177 Å². The molecule has 0 aromatic carbocycles. The van der Waals surface area contributed by atoms with Gasteiger partial charge in [-0.1, -0.05) is 84.5 Å². The van der Waals surface area contributed by atoms with Gasteiger partial charge >= 0.3 is 0 Å². The third kappa shape index (κ3) is 5.78. The smallest absolute Gasteiger partial charge is 0.0386 e. The van der Waals surface area contributed by atoms with E-state index in [0.29, 0.717) is 0 Å². The van der Waals surface area contributed by atoms with E-state index in [1.165, 1.54) is 19.3 Å². The van der Waals surface area contributed by atoms with E-state index < -0.39 is 0 Å². The van der Waals surface area contributed by atoms with Gasteiger partial charge in [0.2, 0.25) is 0 Å². The van der Waals surface area contributed by atoms with Crippen molar-refractivity contribution in [2.75, 3.05) is 0 Å². The molecule has 0 nitrogen and oxygen atoms in total. The van der Waals surface area contributed by atoms with Crippen LogP contribution in [0.1, 0.15) is 129 Å². The van der Waals surface area contributed by atoms with E-state index in [1.54, 1.807) is 96.3 Å². The highest BCUT2D eigenvalue weighted by Gasteiger charge is 2.33. The Morgan fingerprint density at radius 2 is 0.857 bits per heavy atom. The van der Waals surface area contributed by atoms with E-state index in [9.17, 15) is 0 Å². The zero-order chi connectivity index (χ0) is 19.3. The Morgan fingerprint density at radius 1 is 0.464 bits per heavy atom. The van der Waals surface area contributed by atoms with Crippen LogP contribution in [0.15, 0.2) is 0 Å². The van der Waals surface area contributed by atoms with Crippen LogP contribution in [0.5, 0.6) is 0 Å². The van der Waals surface area contributed by atoms with Gasteiger partial charge in [-0.25, -0.2) is 0 Å². The maximum atomic E-state index is 2.46. The number of hydrogen-bond acceptors (Lipinski definition) is 0. The Hall–Kier alpha value is 0. The van der Waals surface area contributed by atoms with E-state index >= 15 is 0 Å². The van der Waals surface area contributed by atoms with Crippen LogP contribution in [0.2, 0.25) is 0 Å². The van der Waals surface area contributed by atoms with Crippen molar-refractivity contribution in [2.24, 2.45) is 47.3 Å². The molecule has 4 saturated carbocycles. The lowest BCUT2D eigenvalue weighted by molar-refractivity contribution is 0.124. The lowest BCUT2D eigenvalue weighted by Gasteiger charge is -2.39. The number of rotatable bonds is 6. The molecule has 0 spiro atoms. The molecule has 4 fully saturated rings. The van der Waals surface area contributed by atoms with Gasteiger partial charge in [-0.2, -0.15) is 0 Å². The Kier molecular flexibility index (Phi) is 7.85. The molecular formula is C28H50. The van der Waals surface area contributed by atoms with Crippen molar-refractivity contribution >= 4 is 0 Å². The molecule has 0 N–H and O–H groups in total. The first-order valence-corrected chi connectivity index (χ1v) is 13.7. The molecule has 0 bridgehead atoms. The number of hydrogen-bond donors (Lipinski definition) is 0. The van der Waals surface area contributed by atoms with Crippen molar-refractivity contribution in [3.63, 3.8) is 0 Å². The lowest BCUT2D eigenvalue weighted by atomic mass is 9.66. The zero-order valence-electron chi connectivity index (χ0n) is 19.3. The predicted octanol–water partition coefficient (Wildman–Crippen LogP) is 9.03. The summed E-state index contributed by atoms with van der Waals surface area (Å²) in [6.45, 7) is 4.87. The highest BCUT2D eigenvalue weighted by molar-refractivity contribution is 4.85. The molecule has 162 valence electrons. The first-order chi connectivity index (χ1) is 13.7. The SMILES string of the molecule is CCC1CCC(CC2CCC(C3CCC(CC4CCC(C)CC4)CC3)CC2)C1. The minimum Gasteiger partial charge on any atom is -0.0651 e. The normalized spacial score (nSPS) is 45.2. The molecule has 0 aromatic rings. The van der Waals surface area contributed by atoms with Gasteiger partial charge in [-0.3, -0.25) is 0 Å². The van der Waals surface area contributed by atoms with Crippen molar-refractivity contribution in [3.8, 4) is 0 Å². The lowest BCUT2D eigenvalue weighted by Crippen LogP contribution is -2.27. The molecular weight excluding hydrogens is 336 g/mol. The van der Waals surface area contributed by atoms with Crippen molar-refractivity contribution < 1.29 is 0 Å². The predicted molar refractivity (Wildman–Crippen MR) is 122 cm³/mol.